The molecule has 2 heterocycles. The maximum Gasteiger partial charge on any atom is 0.274 e. The second-order valence-electron chi connectivity index (χ2n) is 6.29. The van der Waals surface area contributed by atoms with Gasteiger partial charge >= 0.3 is 0 Å². The van der Waals surface area contributed by atoms with Crippen LogP contribution in [0.5, 0.6) is 0 Å². The van der Waals surface area contributed by atoms with Gasteiger partial charge in [0.25, 0.3) is 5.91 Å². The molecule has 1 aliphatic heterocycles. The first-order chi connectivity index (χ1) is 9.70. The first-order valence-electron chi connectivity index (χ1n) is 7.70. The van der Waals surface area contributed by atoms with Crippen molar-refractivity contribution in [2.45, 2.75) is 44.9 Å². The van der Waals surface area contributed by atoms with E-state index < -0.39 is 0 Å². The van der Waals surface area contributed by atoms with E-state index in [9.17, 15) is 4.79 Å². The average Bonchev–Trinajstić information content (AvgIpc) is 2.49. The van der Waals surface area contributed by atoms with Crippen LogP contribution in [0.15, 0.2) is 18.3 Å². The number of carbonyl (C=O) groups excluding carboxylic acids is 1. The number of nitrogens with two attached hydrogens (primary N) is 1. The number of amides is 1. The third-order valence-corrected chi connectivity index (χ3v) is 5.07. The second kappa shape index (κ2) is 5.43. The fraction of sp³-hybridized carbons (Fsp3) is 0.625. The number of piperidine rings is 1. The van der Waals surface area contributed by atoms with E-state index in [0.29, 0.717) is 16.8 Å². The lowest BCUT2D eigenvalue weighted by Crippen LogP contribution is -2.44. The van der Waals surface area contributed by atoms with Crippen LogP contribution in [0.2, 0.25) is 0 Å². The van der Waals surface area contributed by atoms with Crippen LogP contribution in [0.25, 0.3) is 0 Å². The molecule has 3 rings (SSSR count). The number of aromatic nitrogens is 1. The van der Waals surface area contributed by atoms with Crippen LogP contribution in [-0.4, -0.2) is 28.9 Å². The molecular weight excluding hydrogens is 250 g/mol. The Hall–Kier alpha value is -1.58. The van der Waals surface area contributed by atoms with Gasteiger partial charge in [-0.2, -0.15) is 0 Å². The molecule has 1 aromatic rings. The molecular formula is C16H23N3O. The summed E-state index contributed by atoms with van der Waals surface area (Å²) in [6.07, 6.45) is 10.7. The number of nitrogen functional groups attached to an aromatic ring is 1. The Balaban J connectivity index is 1.66. The molecule has 4 heteroatoms. The lowest BCUT2D eigenvalue weighted by molar-refractivity contribution is 0.0468. The Bertz CT molecular complexity index is 484. The second-order valence-corrected chi connectivity index (χ2v) is 6.29. The van der Waals surface area contributed by atoms with Crippen LogP contribution in [0, 0.1) is 5.41 Å². The zero-order valence-electron chi connectivity index (χ0n) is 12.0. The van der Waals surface area contributed by atoms with Crippen molar-refractivity contribution in [2.75, 3.05) is 18.8 Å². The van der Waals surface area contributed by atoms with Crippen molar-refractivity contribution in [2.24, 2.45) is 5.41 Å². The topological polar surface area (TPSA) is 59.2 Å². The molecule has 1 saturated carbocycles. The molecule has 1 amide bonds. The minimum atomic E-state index is -0.00578. The summed E-state index contributed by atoms with van der Waals surface area (Å²) < 4.78 is 0. The van der Waals surface area contributed by atoms with E-state index in [1.165, 1.54) is 32.1 Å². The number of rotatable bonds is 1. The predicted octanol–water partition coefficient (Wildman–Crippen LogP) is 2.85. The van der Waals surface area contributed by atoms with E-state index in [4.69, 9.17) is 5.73 Å². The van der Waals surface area contributed by atoms with E-state index >= 15 is 0 Å². The molecule has 0 unspecified atom stereocenters. The molecule has 0 atom stereocenters. The van der Waals surface area contributed by atoms with Gasteiger partial charge in [0, 0.05) is 19.3 Å². The third-order valence-electron chi connectivity index (χ3n) is 5.07. The van der Waals surface area contributed by atoms with Gasteiger partial charge in [-0.1, -0.05) is 19.3 Å². The fourth-order valence-corrected chi connectivity index (χ4v) is 3.73. The molecule has 2 aliphatic rings. The summed E-state index contributed by atoms with van der Waals surface area (Å²) in [5.74, 6) is -0.00578. The summed E-state index contributed by atoms with van der Waals surface area (Å²) in [7, 11) is 0. The van der Waals surface area contributed by atoms with Crippen molar-refractivity contribution in [1.82, 2.24) is 9.88 Å². The first-order valence-corrected chi connectivity index (χ1v) is 7.70. The fourth-order valence-electron chi connectivity index (χ4n) is 3.73. The molecule has 1 aliphatic carbocycles. The maximum atomic E-state index is 12.5. The predicted molar refractivity (Wildman–Crippen MR) is 79.3 cm³/mol. The van der Waals surface area contributed by atoms with Gasteiger partial charge in [-0.3, -0.25) is 4.79 Å². The highest BCUT2D eigenvalue weighted by Crippen LogP contribution is 2.44. The Labute approximate surface area is 120 Å². The molecule has 0 radical (unpaired) electrons. The van der Waals surface area contributed by atoms with E-state index in [2.05, 4.69) is 4.98 Å². The van der Waals surface area contributed by atoms with Crippen molar-refractivity contribution in [3.8, 4) is 0 Å². The minimum absolute atomic E-state index is 0.00578. The Kier molecular flexibility index (Phi) is 3.64. The third kappa shape index (κ3) is 2.51. The van der Waals surface area contributed by atoms with Crippen LogP contribution >= 0.6 is 0 Å². The highest BCUT2D eigenvalue weighted by Gasteiger charge is 2.37. The van der Waals surface area contributed by atoms with Crippen molar-refractivity contribution in [3.05, 3.63) is 24.0 Å². The molecule has 108 valence electrons. The molecule has 2 fully saturated rings. The molecule has 0 bridgehead atoms. The van der Waals surface area contributed by atoms with Crippen molar-refractivity contribution >= 4 is 11.6 Å². The standard InChI is InChI=1S/C16H23N3O/c17-13-5-4-10-18-14(13)15(20)19-11-8-16(9-12-19)6-2-1-3-7-16/h4-5,10H,1-3,6-9,11-12,17H2. The quantitative estimate of drug-likeness (QED) is 0.856. The highest BCUT2D eigenvalue weighted by molar-refractivity contribution is 5.97. The SMILES string of the molecule is Nc1cccnc1C(=O)N1CCC2(CCCCC2)CC1. The minimum Gasteiger partial charge on any atom is -0.397 e. The monoisotopic (exact) mass is 273 g/mol. The molecule has 0 aromatic carbocycles. The zero-order chi connectivity index (χ0) is 14.0. The number of nitrogens with zero attached hydrogens (tertiary/aromatic N) is 2. The largest absolute Gasteiger partial charge is 0.397 e. The lowest BCUT2D eigenvalue weighted by Gasteiger charge is -2.44. The normalized spacial score (nSPS) is 21.9. The smallest absolute Gasteiger partial charge is 0.274 e. The van der Waals surface area contributed by atoms with Crippen LogP contribution in [0.3, 0.4) is 0 Å². The Morgan fingerprint density at radius 1 is 1.15 bits per heavy atom. The lowest BCUT2D eigenvalue weighted by atomic mass is 9.68. The number of likely N-dealkylation sites (tertiary alicyclic amines) is 1. The maximum absolute atomic E-state index is 12.5. The van der Waals surface area contributed by atoms with Gasteiger partial charge in [0.2, 0.25) is 0 Å². The molecule has 1 saturated heterocycles. The number of hydrogen-bond donors (Lipinski definition) is 1. The number of anilines is 1. The summed E-state index contributed by atoms with van der Waals surface area (Å²) in [5, 5.41) is 0. The van der Waals surface area contributed by atoms with Gasteiger partial charge in [0.1, 0.15) is 0 Å². The van der Waals surface area contributed by atoms with E-state index in [-0.39, 0.29) is 5.91 Å². The summed E-state index contributed by atoms with van der Waals surface area (Å²) >= 11 is 0. The Morgan fingerprint density at radius 2 is 1.85 bits per heavy atom. The van der Waals surface area contributed by atoms with Crippen LogP contribution in [0.1, 0.15) is 55.4 Å². The van der Waals surface area contributed by atoms with Crippen LogP contribution in [-0.2, 0) is 0 Å². The van der Waals surface area contributed by atoms with Gasteiger partial charge in [0.05, 0.1) is 5.69 Å². The van der Waals surface area contributed by atoms with Gasteiger partial charge < -0.3 is 10.6 Å². The molecule has 1 aromatic heterocycles. The van der Waals surface area contributed by atoms with E-state index in [1.807, 2.05) is 4.90 Å². The number of pyridine rings is 1. The number of hydrogen-bond acceptors (Lipinski definition) is 3. The van der Waals surface area contributed by atoms with Gasteiger partial charge in [-0.25, -0.2) is 4.98 Å². The van der Waals surface area contributed by atoms with Crippen LogP contribution < -0.4 is 5.73 Å². The Morgan fingerprint density at radius 3 is 2.50 bits per heavy atom. The van der Waals surface area contributed by atoms with Crippen molar-refractivity contribution in [1.29, 1.82) is 0 Å². The summed E-state index contributed by atoms with van der Waals surface area (Å²) in [6, 6.07) is 3.51. The summed E-state index contributed by atoms with van der Waals surface area (Å²) in [4.78, 5) is 18.5. The summed E-state index contributed by atoms with van der Waals surface area (Å²) in [6.45, 7) is 1.71. The van der Waals surface area contributed by atoms with Gasteiger partial charge in [0.15, 0.2) is 5.69 Å². The zero-order valence-corrected chi connectivity index (χ0v) is 12.0. The van der Waals surface area contributed by atoms with Gasteiger partial charge in [-0.15, -0.1) is 0 Å². The number of carbonyl (C=O) groups is 1. The van der Waals surface area contributed by atoms with Crippen molar-refractivity contribution in [3.63, 3.8) is 0 Å². The highest BCUT2D eigenvalue weighted by atomic mass is 16.2. The molecule has 1 spiro atoms. The molecule has 2 N–H and O–H groups in total. The van der Waals surface area contributed by atoms with E-state index in [0.717, 1.165) is 25.9 Å². The molecule has 20 heavy (non-hydrogen) atoms. The van der Waals surface area contributed by atoms with E-state index in [1.54, 1.807) is 18.3 Å². The first kappa shape index (κ1) is 13.4. The van der Waals surface area contributed by atoms with Crippen LogP contribution in [0.4, 0.5) is 5.69 Å². The van der Waals surface area contributed by atoms with Crippen molar-refractivity contribution < 1.29 is 4.79 Å². The average molecular weight is 273 g/mol. The van der Waals surface area contributed by atoms with Gasteiger partial charge in [-0.05, 0) is 43.2 Å². The molecule has 4 nitrogen and oxygen atoms in total. The summed E-state index contributed by atoms with van der Waals surface area (Å²) in [5.41, 5.74) is 7.26.